The van der Waals surface area contributed by atoms with Gasteiger partial charge in [0.1, 0.15) is 5.58 Å². The van der Waals surface area contributed by atoms with Crippen LogP contribution in [-0.4, -0.2) is 31.1 Å². The Morgan fingerprint density at radius 3 is 2.50 bits per heavy atom. The van der Waals surface area contributed by atoms with Crippen molar-refractivity contribution in [2.24, 2.45) is 5.92 Å². The maximum absolute atomic E-state index is 13.9. The fourth-order valence-electron chi connectivity index (χ4n) is 4.98. The number of amides is 1. The molecule has 1 amide bonds. The Bertz CT molecular complexity index is 1520. The van der Waals surface area contributed by atoms with Crippen LogP contribution in [0, 0.1) is 12.8 Å². The molecule has 5 rings (SSSR count). The van der Waals surface area contributed by atoms with Crippen molar-refractivity contribution in [2.45, 2.75) is 39.7 Å². The van der Waals surface area contributed by atoms with Crippen molar-refractivity contribution in [2.75, 3.05) is 20.3 Å². The van der Waals surface area contributed by atoms with Gasteiger partial charge in [-0.2, -0.15) is 0 Å². The maximum atomic E-state index is 13.9. The maximum Gasteiger partial charge on any atom is 0.290 e. The minimum absolute atomic E-state index is 0.112. The van der Waals surface area contributed by atoms with Gasteiger partial charge in [0, 0.05) is 6.54 Å². The summed E-state index contributed by atoms with van der Waals surface area (Å²) in [6, 6.07) is 20.5. The highest BCUT2D eigenvalue weighted by molar-refractivity contribution is 5.99. The van der Waals surface area contributed by atoms with Gasteiger partial charge >= 0.3 is 0 Å². The van der Waals surface area contributed by atoms with Crippen LogP contribution in [0.25, 0.3) is 11.0 Å². The fraction of sp³-hybridized carbons (Fsp3) is 0.312. The average molecular weight is 512 g/mol. The molecule has 0 spiro atoms. The molecule has 1 aliphatic heterocycles. The van der Waals surface area contributed by atoms with Gasteiger partial charge < -0.3 is 18.8 Å². The second kappa shape index (κ2) is 10.7. The van der Waals surface area contributed by atoms with Crippen LogP contribution in [0.2, 0.25) is 0 Å². The molecule has 0 bridgehead atoms. The van der Waals surface area contributed by atoms with Gasteiger partial charge in [-0.05, 0) is 61.1 Å². The lowest BCUT2D eigenvalue weighted by molar-refractivity contribution is 0.0730. The number of carbonyl (C=O) groups is 1. The molecule has 1 aromatic heterocycles. The molecule has 38 heavy (non-hydrogen) atoms. The molecule has 3 aromatic carbocycles. The van der Waals surface area contributed by atoms with Crippen molar-refractivity contribution < 1.29 is 18.7 Å². The predicted octanol–water partition coefficient (Wildman–Crippen LogP) is 6.32. The Labute approximate surface area is 222 Å². The third kappa shape index (κ3) is 4.91. The molecule has 196 valence electrons. The smallest absolute Gasteiger partial charge is 0.290 e. The molecule has 0 radical (unpaired) electrons. The van der Waals surface area contributed by atoms with Gasteiger partial charge in [0.25, 0.3) is 5.91 Å². The average Bonchev–Trinajstić information content (AvgIpc) is 3.20. The van der Waals surface area contributed by atoms with E-state index in [1.54, 1.807) is 18.1 Å². The van der Waals surface area contributed by atoms with E-state index in [2.05, 4.69) is 13.8 Å². The summed E-state index contributed by atoms with van der Waals surface area (Å²) in [6.45, 7) is 7.25. The van der Waals surface area contributed by atoms with Gasteiger partial charge in [-0.1, -0.05) is 61.9 Å². The third-order valence-corrected chi connectivity index (χ3v) is 7.06. The van der Waals surface area contributed by atoms with Crippen molar-refractivity contribution in [3.05, 3.63) is 105 Å². The normalized spacial score (nSPS) is 14.8. The second-order valence-electron chi connectivity index (χ2n) is 10.3. The number of hydrogen-bond donors (Lipinski definition) is 0. The number of rotatable bonds is 9. The van der Waals surface area contributed by atoms with Crippen LogP contribution < -0.4 is 14.9 Å². The molecule has 0 N–H and O–H groups in total. The van der Waals surface area contributed by atoms with Crippen LogP contribution in [0.4, 0.5) is 0 Å². The zero-order valence-electron chi connectivity index (χ0n) is 22.3. The first kappa shape index (κ1) is 25.6. The van der Waals surface area contributed by atoms with E-state index >= 15 is 0 Å². The predicted molar refractivity (Wildman–Crippen MR) is 148 cm³/mol. The Balaban J connectivity index is 1.59. The molecular formula is C32H33NO5. The first-order valence-corrected chi connectivity index (χ1v) is 13.1. The van der Waals surface area contributed by atoms with Gasteiger partial charge in [-0.15, -0.1) is 0 Å². The van der Waals surface area contributed by atoms with Crippen LogP contribution in [0.1, 0.15) is 59.1 Å². The van der Waals surface area contributed by atoms with Crippen LogP contribution in [0.15, 0.2) is 75.9 Å². The summed E-state index contributed by atoms with van der Waals surface area (Å²) in [7, 11) is 1.60. The van der Waals surface area contributed by atoms with Gasteiger partial charge in [-0.25, -0.2) is 0 Å². The van der Waals surface area contributed by atoms with E-state index in [1.165, 1.54) is 0 Å². The number of fused-ring (bicyclic) bond motifs is 2. The molecule has 1 unspecified atom stereocenters. The Morgan fingerprint density at radius 2 is 1.76 bits per heavy atom. The van der Waals surface area contributed by atoms with Crippen molar-refractivity contribution in [3.8, 4) is 11.5 Å². The SMILES string of the molecule is COc1cc(C2c3c(oc4ccc(C)cc4c3=O)C(=O)N2CCc2ccccc2)ccc1OCCC(C)C. The van der Waals surface area contributed by atoms with Crippen LogP contribution >= 0.6 is 0 Å². The standard InChI is InChI=1S/C32H33NO5/c1-20(2)15-17-37-26-13-11-23(19-27(26)36-4)29-28-30(34)24-18-21(3)10-12-25(24)38-31(28)32(35)33(29)16-14-22-8-6-5-7-9-22/h5-13,18-20,29H,14-17H2,1-4H3. The molecule has 0 fully saturated rings. The Hall–Kier alpha value is -4.06. The Morgan fingerprint density at radius 1 is 0.974 bits per heavy atom. The van der Waals surface area contributed by atoms with E-state index in [-0.39, 0.29) is 17.1 Å². The lowest BCUT2D eigenvalue weighted by atomic mass is 9.97. The zero-order chi connectivity index (χ0) is 26.8. The van der Waals surface area contributed by atoms with Crippen molar-refractivity contribution in [1.29, 1.82) is 0 Å². The minimum Gasteiger partial charge on any atom is -0.493 e. The molecule has 1 atom stereocenters. The largest absolute Gasteiger partial charge is 0.493 e. The highest BCUT2D eigenvalue weighted by Crippen LogP contribution is 2.41. The van der Waals surface area contributed by atoms with Gasteiger partial charge in [0.2, 0.25) is 5.76 Å². The number of benzene rings is 3. The second-order valence-corrected chi connectivity index (χ2v) is 10.3. The van der Waals surface area contributed by atoms with Gasteiger partial charge in [0.15, 0.2) is 16.9 Å². The van der Waals surface area contributed by atoms with Crippen molar-refractivity contribution >= 4 is 16.9 Å². The molecular weight excluding hydrogens is 478 g/mol. The monoisotopic (exact) mass is 511 g/mol. The van der Waals surface area contributed by atoms with Crippen LogP contribution in [-0.2, 0) is 6.42 Å². The number of nitrogens with zero attached hydrogens (tertiary/aromatic N) is 1. The highest BCUT2D eigenvalue weighted by Gasteiger charge is 2.42. The summed E-state index contributed by atoms with van der Waals surface area (Å²) in [4.78, 5) is 29.3. The number of aryl methyl sites for hydroxylation is 1. The summed E-state index contributed by atoms with van der Waals surface area (Å²) < 4.78 is 17.8. The van der Waals surface area contributed by atoms with E-state index in [4.69, 9.17) is 13.9 Å². The highest BCUT2D eigenvalue weighted by atomic mass is 16.5. The lowest BCUT2D eigenvalue weighted by Crippen LogP contribution is -2.31. The molecule has 6 nitrogen and oxygen atoms in total. The summed E-state index contributed by atoms with van der Waals surface area (Å²) in [5, 5.41) is 0.479. The van der Waals surface area contributed by atoms with Crippen molar-refractivity contribution in [3.63, 3.8) is 0 Å². The van der Waals surface area contributed by atoms with Crippen LogP contribution in [0.5, 0.6) is 11.5 Å². The van der Waals surface area contributed by atoms with E-state index in [0.717, 1.165) is 23.1 Å². The quantitative estimate of drug-likeness (QED) is 0.263. The van der Waals surface area contributed by atoms with E-state index in [9.17, 15) is 9.59 Å². The summed E-state index contributed by atoms with van der Waals surface area (Å²) >= 11 is 0. The van der Waals surface area contributed by atoms with E-state index in [1.807, 2.05) is 67.6 Å². The van der Waals surface area contributed by atoms with Crippen molar-refractivity contribution in [1.82, 2.24) is 4.90 Å². The Kier molecular flexibility index (Phi) is 7.23. The van der Waals surface area contributed by atoms with E-state index < -0.39 is 6.04 Å². The summed E-state index contributed by atoms with van der Waals surface area (Å²) in [6.07, 6.45) is 1.58. The first-order chi connectivity index (χ1) is 18.4. The molecule has 0 aliphatic carbocycles. The summed E-state index contributed by atoms with van der Waals surface area (Å²) in [5.74, 6) is 1.56. The molecule has 0 saturated carbocycles. The van der Waals surface area contributed by atoms with Gasteiger partial charge in [-0.3, -0.25) is 9.59 Å². The summed E-state index contributed by atoms with van der Waals surface area (Å²) in [5.41, 5.74) is 3.46. The first-order valence-electron chi connectivity index (χ1n) is 13.1. The lowest BCUT2D eigenvalue weighted by Gasteiger charge is -2.26. The number of methoxy groups -OCH3 is 1. The van der Waals surface area contributed by atoms with Crippen LogP contribution in [0.3, 0.4) is 0 Å². The fourth-order valence-corrected chi connectivity index (χ4v) is 4.98. The molecule has 0 saturated heterocycles. The van der Waals surface area contributed by atoms with Gasteiger partial charge in [0.05, 0.1) is 30.7 Å². The number of carbonyl (C=O) groups excluding carboxylic acids is 1. The molecule has 4 aromatic rings. The number of hydrogen-bond acceptors (Lipinski definition) is 5. The number of ether oxygens (including phenoxy) is 2. The molecule has 6 heteroatoms. The zero-order valence-corrected chi connectivity index (χ0v) is 22.3. The molecule has 2 heterocycles. The van der Waals surface area contributed by atoms with E-state index in [0.29, 0.717) is 53.5 Å². The molecule has 1 aliphatic rings. The minimum atomic E-state index is -0.596. The third-order valence-electron chi connectivity index (χ3n) is 7.06. The topological polar surface area (TPSA) is 69.0 Å².